The molecule has 4 nitrogen and oxygen atoms in total. The molecule has 0 N–H and O–H groups in total. The number of aromatic nitrogens is 3. The zero-order valence-corrected chi connectivity index (χ0v) is 9.94. The highest BCUT2D eigenvalue weighted by atomic mass is 79.9. The van der Waals surface area contributed by atoms with Crippen molar-refractivity contribution in [3.8, 4) is 0 Å². The normalized spacial score (nSPS) is 20.1. The van der Waals surface area contributed by atoms with Crippen LogP contribution in [-0.2, 0) is 5.33 Å². The van der Waals surface area contributed by atoms with E-state index in [1.54, 1.807) is 0 Å². The summed E-state index contributed by atoms with van der Waals surface area (Å²) in [5.74, 6) is 0. The minimum atomic E-state index is 0.543. The van der Waals surface area contributed by atoms with Gasteiger partial charge in [0.25, 0.3) is 0 Å². The molecule has 0 radical (unpaired) electrons. The SMILES string of the molecule is CN1CCC(n2nncc2CBr)CC1. The first-order chi connectivity index (χ1) is 6.81. The van der Waals surface area contributed by atoms with Crippen molar-refractivity contribution in [2.24, 2.45) is 0 Å². The number of piperidine rings is 1. The first-order valence-electron chi connectivity index (χ1n) is 4.95. The first kappa shape index (κ1) is 10.1. The Morgan fingerprint density at radius 3 is 2.86 bits per heavy atom. The molecule has 2 rings (SSSR count). The Kier molecular flexibility index (Phi) is 3.18. The zero-order valence-electron chi connectivity index (χ0n) is 8.36. The molecule has 1 aliphatic rings. The van der Waals surface area contributed by atoms with Gasteiger partial charge in [-0.05, 0) is 33.0 Å². The van der Waals surface area contributed by atoms with Gasteiger partial charge in [-0.1, -0.05) is 21.1 Å². The molecule has 0 bridgehead atoms. The molecule has 1 aromatic heterocycles. The lowest BCUT2D eigenvalue weighted by molar-refractivity contribution is 0.209. The second-order valence-electron chi connectivity index (χ2n) is 3.84. The number of nitrogens with zero attached hydrogens (tertiary/aromatic N) is 4. The van der Waals surface area contributed by atoms with E-state index in [0.717, 1.165) is 18.4 Å². The topological polar surface area (TPSA) is 34.0 Å². The molecule has 0 amide bonds. The number of likely N-dealkylation sites (tertiary alicyclic amines) is 1. The van der Waals surface area contributed by atoms with Crippen LogP contribution in [0.2, 0.25) is 0 Å². The van der Waals surface area contributed by atoms with Crippen molar-refractivity contribution in [1.82, 2.24) is 19.9 Å². The van der Waals surface area contributed by atoms with E-state index in [9.17, 15) is 0 Å². The molecule has 0 spiro atoms. The summed E-state index contributed by atoms with van der Waals surface area (Å²) in [5, 5.41) is 8.95. The fraction of sp³-hybridized carbons (Fsp3) is 0.778. The second kappa shape index (κ2) is 4.40. The van der Waals surface area contributed by atoms with E-state index in [2.05, 4.69) is 42.9 Å². The quantitative estimate of drug-likeness (QED) is 0.754. The maximum absolute atomic E-state index is 4.15. The largest absolute Gasteiger partial charge is 0.306 e. The van der Waals surface area contributed by atoms with Crippen molar-refractivity contribution >= 4 is 15.9 Å². The molecule has 0 unspecified atom stereocenters. The van der Waals surface area contributed by atoms with Gasteiger partial charge in [0, 0.05) is 5.33 Å². The molecule has 2 heterocycles. The van der Waals surface area contributed by atoms with Crippen molar-refractivity contribution in [2.45, 2.75) is 24.2 Å². The summed E-state index contributed by atoms with van der Waals surface area (Å²) >= 11 is 3.45. The van der Waals surface area contributed by atoms with Crippen LogP contribution in [0, 0.1) is 0 Å². The number of rotatable bonds is 2. The van der Waals surface area contributed by atoms with Crippen molar-refractivity contribution < 1.29 is 0 Å². The van der Waals surface area contributed by atoms with Gasteiger partial charge in [0.1, 0.15) is 0 Å². The minimum absolute atomic E-state index is 0.543. The van der Waals surface area contributed by atoms with E-state index in [1.807, 2.05) is 6.20 Å². The Morgan fingerprint density at radius 1 is 1.50 bits per heavy atom. The molecule has 1 fully saturated rings. The molecule has 1 aliphatic heterocycles. The Balaban J connectivity index is 2.08. The third-order valence-corrected chi connectivity index (χ3v) is 3.39. The standard InChI is InChI=1S/C9H15BrN4/c1-13-4-2-8(3-5-13)14-9(6-10)7-11-12-14/h7-8H,2-6H2,1H3. The summed E-state index contributed by atoms with van der Waals surface area (Å²) < 4.78 is 2.07. The van der Waals surface area contributed by atoms with Crippen molar-refractivity contribution in [3.05, 3.63) is 11.9 Å². The molecule has 78 valence electrons. The van der Waals surface area contributed by atoms with Gasteiger partial charge in [-0.2, -0.15) is 0 Å². The highest BCUT2D eigenvalue weighted by Gasteiger charge is 2.20. The zero-order chi connectivity index (χ0) is 9.97. The highest BCUT2D eigenvalue weighted by Crippen LogP contribution is 2.22. The maximum atomic E-state index is 4.15. The average molecular weight is 259 g/mol. The first-order valence-corrected chi connectivity index (χ1v) is 6.07. The van der Waals surface area contributed by atoms with Gasteiger partial charge in [0.2, 0.25) is 0 Å². The van der Waals surface area contributed by atoms with Crippen molar-refractivity contribution in [1.29, 1.82) is 0 Å². The Hall–Kier alpha value is -0.420. The highest BCUT2D eigenvalue weighted by molar-refractivity contribution is 9.08. The van der Waals surface area contributed by atoms with Crippen LogP contribution in [0.1, 0.15) is 24.6 Å². The lowest BCUT2D eigenvalue weighted by Crippen LogP contribution is -2.32. The van der Waals surface area contributed by atoms with Crippen LogP contribution in [0.4, 0.5) is 0 Å². The van der Waals surface area contributed by atoms with E-state index in [0.29, 0.717) is 6.04 Å². The van der Waals surface area contributed by atoms with Gasteiger partial charge in [0.15, 0.2) is 0 Å². The molecule has 0 atom stereocenters. The molecule has 0 saturated carbocycles. The summed E-state index contributed by atoms with van der Waals surface area (Å²) in [5.41, 5.74) is 1.18. The van der Waals surface area contributed by atoms with Crippen LogP contribution < -0.4 is 0 Å². The lowest BCUT2D eigenvalue weighted by Gasteiger charge is -2.29. The van der Waals surface area contributed by atoms with Crippen LogP contribution in [-0.4, -0.2) is 40.0 Å². The van der Waals surface area contributed by atoms with E-state index >= 15 is 0 Å². The number of hydrogen-bond donors (Lipinski definition) is 0. The molecule has 1 aromatic rings. The fourth-order valence-corrected chi connectivity index (χ4v) is 2.31. The smallest absolute Gasteiger partial charge is 0.0733 e. The monoisotopic (exact) mass is 258 g/mol. The van der Waals surface area contributed by atoms with Crippen LogP contribution >= 0.6 is 15.9 Å². The number of hydrogen-bond acceptors (Lipinski definition) is 3. The second-order valence-corrected chi connectivity index (χ2v) is 4.40. The fourth-order valence-electron chi connectivity index (χ4n) is 1.91. The van der Waals surface area contributed by atoms with Gasteiger partial charge in [-0.25, -0.2) is 4.68 Å². The van der Waals surface area contributed by atoms with E-state index in [4.69, 9.17) is 0 Å². The van der Waals surface area contributed by atoms with E-state index < -0.39 is 0 Å². The molecule has 0 aliphatic carbocycles. The van der Waals surface area contributed by atoms with Gasteiger partial charge < -0.3 is 4.90 Å². The minimum Gasteiger partial charge on any atom is -0.306 e. The average Bonchev–Trinajstić information content (AvgIpc) is 2.67. The molecule has 1 saturated heterocycles. The van der Waals surface area contributed by atoms with Crippen LogP contribution in [0.25, 0.3) is 0 Å². The van der Waals surface area contributed by atoms with E-state index in [1.165, 1.54) is 18.5 Å². The molecular formula is C9H15BrN4. The van der Waals surface area contributed by atoms with Crippen LogP contribution in [0.5, 0.6) is 0 Å². The van der Waals surface area contributed by atoms with Crippen LogP contribution in [0.3, 0.4) is 0 Å². The number of alkyl halides is 1. The Labute approximate surface area is 92.4 Å². The van der Waals surface area contributed by atoms with Crippen molar-refractivity contribution in [2.75, 3.05) is 20.1 Å². The predicted octanol–water partition coefficient (Wildman–Crippen LogP) is 1.44. The van der Waals surface area contributed by atoms with Gasteiger partial charge in [-0.15, -0.1) is 5.10 Å². The third kappa shape index (κ3) is 1.98. The van der Waals surface area contributed by atoms with Crippen LogP contribution in [0.15, 0.2) is 6.20 Å². The van der Waals surface area contributed by atoms with Gasteiger partial charge in [-0.3, -0.25) is 0 Å². The molecule has 14 heavy (non-hydrogen) atoms. The predicted molar refractivity (Wildman–Crippen MR) is 58.4 cm³/mol. The summed E-state index contributed by atoms with van der Waals surface area (Å²) in [6, 6.07) is 0.543. The molecule has 5 heteroatoms. The van der Waals surface area contributed by atoms with Gasteiger partial charge >= 0.3 is 0 Å². The van der Waals surface area contributed by atoms with Crippen molar-refractivity contribution in [3.63, 3.8) is 0 Å². The molecule has 0 aromatic carbocycles. The maximum Gasteiger partial charge on any atom is 0.0733 e. The van der Waals surface area contributed by atoms with Gasteiger partial charge in [0.05, 0.1) is 17.9 Å². The lowest BCUT2D eigenvalue weighted by atomic mass is 10.1. The van der Waals surface area contributed by atoms with E-state index in [-0.39, 0.29) is 0 Å². The summed E-state index contributed by atoms with van der Waals surface area (Å²) in [6.07, 6.45) is 4.20. The summed E-state index contributed by atoms with van der Waals surface area (Å²) in [4.78, 5) is 2.36. The number of halogens is 1. The Morgan fingerprint density at radius 2 is 2.21 bits per heavy atom. The third-order valence-electron chi connectivity index (χ3n) is 2.82. The summed E-state index contributed by atoms with van der Waals surface area (Å²) in [6.45, 7) is 2.32. The Bertz CT molecular complexity index is 291. The molecular weight excluding hydrogens is 244 g/mol. The summed E-state index contributed by atoms with van der Waals surface area (Å²) in [7, 11) is 2.17.